The number of aliphatic hydroxyl groups is 1. The Kier molecular flexibility index (Phi) is 50.8. The number of aliphatic hydroxyl groups excluding tert-OH is 1. The highest BCUT2D eigenvalue weighted by Crippen LogP contribution is 2.43. The summed E-state index contributed by atoms with van der Waals surface area (Å²) in [5.41, 5.74) is 0. The van der Waals surface area contributed by atoms with Crippen LogP contribution in [-0.2, 0) is 42.2 Å². The van der Waals surface area contributed by atoms with Crippen molar-refractivity contribution in [3.63, 3.8) is 0 Å². The summed E-state index contributed by atoms with van der Waals surface area (Å²) < 4.78 is 39.4. The molecule has 0 aliphatic heterocycles. The molecule has 11 nitrogen and oxygen atoms in total. The molecular formula is C58H105O11P. The molecule has 3 atom stereocenters. The van der Waals surface area contributed by atoms with Gasteiger partial charge in [-0.3, -0.25) is 23.4 Å². The minimum atomic E-state index is -4.76. The Bertz CT molecular complexity index is 1360. The van der Waals surface area contributed by atoms with E-state index >= 15 is 0 Å². The lowest BCUT2D eigenvalue weighted by Crippen LogP contribution is -2.30. The van der Waals surface area contributed by atoms with Gasteiger partial charge in [0.05, 0.1) is 19.8 Å². The van der Waals surface area contributed by atoms with Crippen molar-refractivity contribution in [1.29, 1.82) is 0 Å². The number of rotatable bonds is 53. The van der Waals surface area contributed by atoms with Crippen LogP contribution in [0.5, 0.6) is 0 Å². The first-order chi connectivity index (χ1) is 34.2. The highest BCUT2D eigenvalue weighted by Gasteiger charge is 2.28. The van der Waals surface area contributed by atoms with Crippen LogP contribution in [0, 0.1) is 0 Å². The van der Waals surface area contributed by atoms with Crippen LogP contribution in [0.25, 0.3) is 0 Å². The van der Waals surface area contributed by atoms with Gasteiger partial charge in [-0.05, 0) is 44.9 Å². The summed E-state index contributed by atoms with van der Waals surface area (Å²) in [6.45, 7) is 4.47. The van der Waals surface area contributed by atoms with E-state index in [0.29, 0.717) is 19.3 Å². The third-order valence-electron chi connectivity index (χ3n) is 12.3. The van der Waals surface area contributed by atoms with Crippen LogP contribution in [0.15, 0.2) is 48.6 Å². The van der Waals surface area contributed by atoms with Crippen molar-refractivity contribution in [2.75, 3.05) is 26.4 Å². The van der Waals surface area contributed by atoms with E-state index < -0.39 is 57.8 Å². The van der Waals surface area contributed by atoms with E-state index in [1.165, 1.54) is 141 Å². The molecule has 3 unspecified atom stereocenters. The topological polar surface area (TPSA) is 155 Å². The molecule has 0 fully saturated rings. The van der Waals surface area contributed by atoms with Crippen LogP contribution in [0.3, 0.4) is 0 Å². The van der Waals surface area contributed by atoms with Gasteiger partial charge in [-0.1, -0.05) is 249 Å². The number of hydrogen-bond donors (Lipinski definition) is 2. The quantitative estimate of drug-likeness (QED) is 0.0197. The lowest BCUT2D eigenvalue weighted by molar-refractivity contribution is -0.161. The van der Waals surface area contributed by atoms with E-state index in [1.807, 2.05) is 12.2 Å². The third-order valence-corrected chi connectivity index (χ3v) is 13.2. The van der Waals surface area contributed by atoms with Crippen LogP contribution in [0.1, 0.15) is 265 Å². The molecule has 0 spiro atoms. The molecule has 408 valence electrons. The van der Waals surface area contributed by atoms with Gasteiger partial charge < -0.3 is 24.2 Å². The van der Waals surface area contributed by atoms with Crippen molar-refractivity contribution in [3.8, 4) is 0 Å². The molecule has 0 aliphatic carbocycles. The van der Waals surface area contributed by atoms with Crippen LogP contribution in [0.4, 0.5) is 0 Å². The first-order valence-electron chi connectivity index (χ1n) is 28.5. The average Bonchev–Trinajstić information content (AvgIpc) is 3.35. The van der Waals surface area contributed by atoms with Crippen molar-refractivity contribution < 1.29 is 52.2 Å². The van der Waals surface area contributed by atoms with Gasteiger partial charge in [0.15, 0.2) is 6.10 Å². The number of allylic oxidation sites excluding steroid dienone is 8. The first kappa shape index (κ1) is 67.4. The molecule has 0 aromatic heterocycles. The molecule has 2 N–H and O–H groups in total. The minimum Gasteiger partial charge on any atom is -0.462 e. The molecular weight excluding hydrogens is 904 g/mol. The Hall–Kier alpha value is -2.56. The maximum atomic E-state index is 12.9. The Morgan fingerprint density at radius 1 is 0.414 bits per heavy atom. The van der Waals surface area contributed by atoms with E-state index in [9.17, 15) is 28.9 Å². The fraction of sp³-hybridized carbons (Fsp3) is 0.810. The molecule has 0 saturated heterocycles. The zero-order chi connectivity index (χ0) is 51.3. The SMILES string of the molecule is CC/C=C\C/C=C\C/C=C\C/C=C\CCC(=O)OC(CO)COP(=O)(O)OCC(COC(=O)CCCCCCCCCCCCC)OC(=O)CCCCCCCCCCCCCCCCCCCCC. The van der Waals surface area contributed by atoms with Gasteiger partial charge in [0.2, 0.25) is 0 Å². The van der Waals surface area contributed by atoms with Crippen LogP contribution in [0.2, 0.25) is 0 Å². The molecule has 0 aromatic carbocycles. The number of phosphoric acid groups is 1. The van der Waals surface area contributed by atoms with Crippen molar-refractivity contribution in [2.45, 2.75) is 277 Å². The van der Waals surface area contributed by atoms with Crippen LogP contribution >= 0.6 is 7.82 Å². The summed E-state index contributed by atoms with van der Waals surface area (Å²) in [5, 5.41) is 9.77. The summed E-state index contributed by atoms with van der Waals surface area (Å²) in [6, 6.07) is 0. The molecule has 12 heteroatoms. The van der Waals surface area contributed by atoms with Crippen molar-refractivity contribution in [3.05, 3.63) is 48.6 Å². The summed E-state index contributed by atoms with van der Waals surface area (Å²) in [5.74, 6) is -1.53. The van der Waals surface area contributed by atoms with Gasteiger partial charge in [0.1, 0.15) is 12.7 Å². The second-order valence-corrected chi connectivity index (χ2v) is 20.5. The predicted molar refractivity (Wildman–Crippen MR) is 289 cm³/mol. The molecule has 0 saturated carbocycles. The number of unbranched alkanes of at least 4 members (excludes halogenated alkanes) is 28. The highest BCUT2D eigenvalue weighted by molar-refractivity contribution is 7.47. The van der Waals surface area contributed by atoms with Gasteiger partial charge in [0, 0.05) is 19.3 Å². The molecule has 0 amide bonds. The van der Waals surface area contributed by atoms with Crippen LogP contribution in [-0.4, -0.2) is 66.5 Å². The Morgan fingerprint density at radius 2 is 0.743 bits per heavy atom. The summed E-state index contributed by atoms with van der Waals surface area (Å²) in [4.78, 5) is 48.4. The number of carbonyl (C=O) groups excluding carboxylic acids is 3. The summed E-state index contributed by atoms with van der Waals surface area (Å²) in [6.07, 6.45) is 55.3. The van der Waals surface area contributed by atoms with Gasteiger partial charge in [-0.15, -0.1) is 0 Å². The minimum absolute atomic E-state index is 0.0581. The zero-order valence-corrected chi connectivity index (χ0v) is 45.9. The Labute approximate surface area is 428 Å². The predicted octanol–water partition coefficient (Wildman–Crippen LogP) is 16.6. The molecule has 0 bridgehead atoms. The molecule has 0 radical (unpaired) electrons. The monoisotopic (exact) mass is 1010 g/mol. The lowest BCUT2D eigenvalue weighted by Gasteiger charge is -2.21. The number of carbonyl (C=O) groups is 3. The van der Waals surface area contributed by atoms with E-state index in [2.05, 4.69) is 57.2 Å². The van der Waals surface area contributed by atoms with Gasteiger partial charge in [-0.25, -0.2) is 4.57 Å². The van der Waals surface area contributed by atoms with Crippen molar-refractivity contribution in [2.24, 2.45) is 0 Å². The molecule has 70 heavy (non-hydrogen) atoms. The fourth-order valence-electron chi connectivity index (χ4n) is 7.96. The van der Waals surface area contributed by atoms with Gasteiger partial charge >= 0.3 is 25.7 Å². The Balaban J connectivity index is 4.70. The second kappa shape index (κ2) is 52.8. The number of ether oxygens (including phenoxy) is 3. The first-order valence-corrected chi connectivity index (χ1v) is 30.0. The van der Waals surface area contributed by atoms with Gasteiger partial charge in [-0.2, -0.15) is 0 Å². The summed E-state index contributed by atoms with van der Waals surface area (Å²) in [7, 11) is -4.76. The fourth-order valence-corrected chi connectivity index (χ4v) is 8.74. The molecule has 0 heterocycles. The number of phosphoric ester groups is 1. The maximum absolute atomic E-state index is 12.9. The molecule has 0 aromatic rings. The zero-order valence-electron chi connectivity index (χ0n) is 45.0. The smallest absolute Gasteiger partial charge is 0.462 e. The Morgan fingerprint density at radius 3 is 1.14 bits per heavy atom. The number of hydrogen-bond acceptors (Lipinski definition) is 10. The van der Waals surface area contributed by atoms with E-state index in [1.54, 1.807) is 0 Å². The van der Waals surface area contributed by atoms with Crippen LogP contribution < -0.4 is 0 Å². The highest BCUT2D eigenvalue weighted by atomic mass is 31.2. The molecule has 0 aliphatic rings. The summed E-state index contributed by atoms with van der Waals surface area (Å²) >= 11 is 0. The standard InChI is InChI=1S/C58H105O11P/c1-4-7-10-13-16-19-22-24-25-26-27-28-29-31-34-37-40-43-46-49-58(62)69-55(51-65-56(60)47-44-41-38-35-32-21-18-15-12-9-6-3)53-67-70(63,64)66-52-54(50-59)68-57(61)48-45-42-39-36-33-30-23-20-17-14-11-8-5-2/h8,11,17,20,30,33,39,42,54-55,59H,4-7,9-10,12-16,18-19,21-29,31-32,34-38,40-41,43-53H2,1-3H3,(H,63,64)/b11-8-,20-17-,33-30-,42-39-. The van der Waals surface area contributed by atoms with Gasteiger partial charge in [0.25, 0.3) is 0 Å². The van der Waals surface area contributed by atoms with E-state index in [-0.39, 0.29) is 25.9 Å². The second-order valence-electron chi connectivity index (χ2n) is 19.1. The van der Waals surface area contributed by atoms with E-state index in [0.717, 1.165) is 64.2 Å². The number of esters is 3. The molecule has 0 rings (SSSR count). The third kappa shape index (κ3) is 50.4. The normalized spacial score (nSPS) is 13.7. The average molecular weight is 1010 g/mol. The lowest BCUT2D eigenvalue weighted by atomic mass is 10.0. The van der Waals surface area contributed by atoms with Crippen molar-refractivity contribution in [1.82, 2.24) is 0 Å². The largest absolute Gasteiger partial charge is 0.472 e. The van der Waals surface area contributed by atoms with E-state index in [4.69, 9.17) is 23.3 Å². The maximum Gasteiger partial charge on any atom is 0.472 e. The van der Waals surface area contributed by atoms with Crippen molar-refractivity contribution >= 4 is 25.7 Å².